The van der Waals surface area contributed by atoms with Crippen LogP contribution < -0.4 is 0 Å². The van der Waals surface area contributed by atoms with E-state index in [1.54, 1.807) is 4.21 Å². The summed E-state index contributed by atoms with van der Waals surface area (Å²) in [6.07, 6.45) is 11.1. The van der Waals surface area contributed by atoms with Gasteiger partial charge in [0.15, 0.2) is 0 Å². The highest BCUT2D eigenvalue weighted by atomic mass is 32.2. The maximum absolute atomic E-state index is 2.30. The van der Waals surface area contributed by atoms with E-state index in [2.05, 4.69) is 37.1 Å². The Hall–Kier alpha value is 0.400. The molecule has 0 N–H and O–H groups in total. The molecule has 0 spiro atoms. The largest absolute Gasteiger partial charge is 0.136 e. The smallest absolute Gasteiger partial charge is 0.0734 e. The van der Waals surface area contributed by atoms with E-state index >= 15 is 0 Å². The van der Waals surface area contributed by atoms with Gasteiger partial charge in [0.05, 0.1) is 4.21 Å². The average Bonchev–Trinajstić information content (AvgIpc) is 2.86. The summed E-state index contributed by atoms with van der Waals surface area (Å²) < 4.78 is 1.55. The van der Waals surface area contributed by atoms with Gasteiger partial charge >= 0.3 is 0 Å². The fourth-order valence-electron chi connectivity index (χ4n) is 1.87. The van der Waals surface area contributed by atoms with Crippen LogP contribution in [0.4, 0.5) is 0 Å². The first kappa shape index (κ1) is 17.5. The lowest BCUT2D eigenvalue weighted by molar-refractivity contribution is 0.627. The molecule has 3 heteroatoms. The van der Waals surface area contributed by atoms with Gasteiger partial charge in [0.1, 0.15) is 0 Å². The summed E-state index contributed by atoms with van der Waals surface area (Å²) in [5.74, 6) is 2.58. The lowest BCUT2D eigenvalue weighted by atomic mass is 10.1. The fourth-order valence-corrected chi connectivity index (χ4v) is 5.51. The molecule has 0 unspecified atom stereocenters. The van der Waals surface area contributed by atoms with Gasteiger partial charge in [-0.25, -0.2) is 0 Å². The van der Waals surface area contributed by atoms with Crippen molar-refractivity contribution in [2.24, 2.45) is 0 Å². The summed E-state index contributed by atoms with van der Waals surface area (Å²) in [6, 6.07) is 2.30. The molecule has 0 bridgehead atoms. The molecule has 1 heterocycles. The SMILES string of the molecule is CCCCCCCCSc1sccc1SCCCC. The van der Waals surface area contributed by atoms with Gasteiger partial charge in [-0.3, -0.25) is 0 Å². The van der Waals surface area contributed by atoms with Crippen molar-refractivity contribution in [3.8, 4) is 0 Å². The standard InChI is InChI=1S/C16H28S3/c1-3-5-7-8-9-10-13-18-16-15(11-14-19-16)17-12-6-4-2/h11,14H,3-10,12-13H2,1-2H3. The number of hydrogen-bond donors (Lipinski definition) is 0. The van der Waals surface area contributed by atoms with Crippen molar-refractivity contribution < 1.29 is 0 Å². The first-order valence-corrected chi connectivity index (χ1v) is 10.6. The van der Waals surface area contributed by atoms with Gasteiger partial charge in [-0.05, 0) is 35.8 Å². The summed E-state index contributed by atoms with van der Waals surface area (Å²) in [5, 5.41) is 2.25. The molecule has 0 radical (unpaired) electrons. The van der Waals surface area contributed by atoms with Crippen LogP contribution in [-0.4, -0.2) is 11.5 Å². The van der Waals surface area contributed by atoms with Crippen LogP contribution in [0.2, 0.25) is 0 Å². The molecule has 110 valence electrons. The van der Waals surface area contributed by atoms with E-state index in [1.807, 2.05) is 23.1 Å². The Balaban J connectivity index is 2.10. The molecule has 0 saturated heterocycles. The summed E-state index contributed by atoms with van der Waals surface area (Å²) in [7, 11) is 0. The number of unbranched alkanes of at least 4 members (excludes halogenated alkanes) is 6. The molecular weight excluding hydrogens is 288 g/mol. The van der Waals surface area contributed by atoms with E-state index in [-0.39, 0.29) is 0 Å². The molecule has 0 fully saturated rings. The zero-order valence-corrected chi connectivity index (χ0v) is 14.9. The van der Waals surface area contributed by atoms with E-state index in [9.17, 15) is 0 Å². The van der Waals surface area contributed by atoms with Crippen LogP contribution in [0.25, 0.3) is 0 Å². The number of hydrogen-bond acceptors (Lipinski definition) is 3. The second-order valence-electron chi connectivity index (χ2n) is 4.89. The topological polar surface area (TPSA) is 0 Å². The van der Waals surface area contributed by atoms with E-state index in [0.717, 1.165) is 0 Å². The molecule has 0 aliphatic heterocycles. The first-order chi connectivity index (χ1) is 9.38. The van der Waals surface area contributed by atoms with Crippen LogP contribution in [0, 0.1) is 0 Å². The maximum atomic E-state index is 2.30. The zero-order chi connectivity index (χ0) is 13.8. The minimum absolute atomic E-state index is 1.28. The van der Waals surface area contributed by atoms with Crippen molar-refractivity contribution in [2.45, 2.75) is 74.3 Å². The highest BCUT2D eigenvalue weighted by Gasteiger charge is 2.05. The molecule has 0 amide bonds. The lowest BCUT2D eigenvalue weighted by Crippen LogP contribution is -1.83. The quantitative estimate of drug-likeness (QED) is 0.298. The molecule has 19 heavy (non-hydrogen) atoms. The van der Waals surface area contributed by atoms with Gasteiger partial charge < -0.3 is 0 Å². The third kappa shape index (κ3) is 8.31. The van der Waals surface area contributed by atoms with Gasteiger partial charge in [-0.2, -0.15) is 0 Å². The van der Waals surface area contributed by atoms with Crippen LogP contribution in [-0.2, 0) is 0 Å². The molecule has 1 aromatic heterocycles. The number of thiophene rings is 1. The predicted molar refractivity (Wildman–Crippen MR) is 94.1 cm³/mol. The van der Waals surface area contributed by atoms with Crippen molar-refractivity contribution in [1.29, 1.82) is 0 Å². The Morgan fingerprint density at radius 3 is 2.32 bits per heavy atom. The molecule has 0 atom stereocenters. The Morgan fingerprint density at radius 1 is 0.842 bits per heavy atom. The van der Waals surface area contributed by atoms with Crippen molar-refractivity contribution >= 4 is 34.9 Å². The molecule has 0 saturated carbocycles. The van der Waals surface area contributed by atoms with E-state index in [0.29, 0.717) is 0 Å². The molecule has 0 aliphatic carbocycles. The third-order valence-corrected chi connectivity index (χ3v) is 6.81. The van der Waals surface area contributed by atoms with Crippen molar-refractivity contribution in [3.63, 3.8) is 0 Å². The molecule has 1 aromatic rings. The molecule has 0 aliphatic rings. The van der Waals surface area contributed by atoms with E-state index in [4.69, 9.17) is 0 Å². The second-order valence-corrected chi connectivity index (χ2v) is 8.31. The summed E-state index contributed by atoms with van der Waals surface area (Å²) >= 11 is 6.04. The monoisotopic (exact) mass is 316 g/mol. The van der Waals surface area contributed by atoms with Crippen molar-refractivity contribution in [3.05, 3.63) is 11.4 Å². The van der Waals surface area contributed by atoms with Gasteiger partial charge in [-0.1, -0.05) is 52.4 Å². The van der Waals surface area contributed by atoms with Crippen molar-refractivity contribution in [2.75, 3.05) is 11.5 Å². The summed E-state index contributed by atoms with van der Waals surface area (Å²) in [4.78, 5) is 1.52. The van der Waals surface area contributed by atoms with Gasteiger partial charge in [0.25, 0.3) is 0 Å². The Labute approximate surface area is 132 Å². The summed E-state index contributed by atoms with van der Waals surface area (Å²) in [6.45, 7) is 4.55. The Kier molecular flexibility index (Phi) is 11.2. The second kappa shape index (κ2) is 12.2. The summed E-state index contributed by atoms with van der Waals surface area (Å²) in [5.41, 5.74) is 0. The highest BCUT2D eigenvalue weighted by molar-refractivity contribution is 8.03. The van der Waals surface area contributed by atoms with Crippen LogP contribution in [0.1, 0.15) is 65.2 Å². The van der Waals surface area contributed by atoms with Crippen LogP contribution in [0.5, 0.6) is 0 Å². The predicted octanol–water partition coefficient (Wildman–Crippen LogP) is 7.09. The Bertz CT molecular complexity index is 307. The maximum Gasteiger partial charge on any atom is 0.0734 e. The minimum atomic E-state index is 1.28. The van der Waals surface area contributed by atoms with Gasteiger partial charge in [0.2, 0.25) is 0 Å². The lowest BCUT2D eigenvalue weighted by Gasteiger charge is -2.03. The van der Waals surface area contributed by atoms with Gasteiger partial charge in [0, 0.05) is 4.90 Å². The van der Waals surface area contributed by atoms with Crippen LogP contribution in [0.15, 0.2) is 20.6 Å². The minimum Gasteiger partial charge on any atom is -0.136 e. The molecule has 1 rings (SSSR count). The van der Waals surface area contributed by atoms with Gasteiger partial charge in [-0.15, -0.1) is 34.9 Å². The van der Waals surface area contributed by atoms with E-state index < -0.39 is 0 Å². The van der Waals surface area contributed by atoms with Crippen molar-refractivity contribution in [1.82, 2.24) is 0 Å². The van der Waals surface area contributed by atoms with Crippen LogP contribution in [0.3, 0.4) is 0 Å². The number of thioether (sulfide) groups is 2. The third-order valence-electron chi connectivity index (χ3n) is 3.08. The Morgan fingerprint density at radius 2 is 1.53 bits per heavy atom. The van der Waals surface area contributed by atoms with E-state index in [1.165, 1.54) is 67.8 Å². The van der Waals surface area contributed by atoms with Crippen LogP contribution >= 0.6 is 34.9 Å². The average molecular weight is 317 g/mol. The zero-order valence-electron chi connectivity index (χ0n) is 12.5. The molecular formula is C16H28S3. The highest BCUT2D eigenvalue weighted by Crippen LogP contribution is 2.36. The normalized spacial score (nSPS) is 11.1. The number of rotatable bonds is 12. The fraction of sp³-hybridized carbons (Fsp3) is 0.750. The first-order valence-electron chi connectivity index (χ1n) is 7.71. The molecule has 0 nitrogen and oxygen atoms in total. The molecule has 0 aromatic carbocycles.